The second-order valence-electron chi connectivity index (χ2n) is 10.4. The molecule has 3 aromatic rings. The average molecular weight is 560 g/mol. The Balaban J connectivity index is 1.49. The third kappa shape index (κ3) is 7.71. The normalized spacial score (nSPS) is 13.7. The van der Waals surface area contributed by atoms with Gasteiger partial charge in [-0.1, -0.05) is 78.9 Å². The van der Waals surface area contributed by atoms with Gasteiger partial charge in [-0.05, 0) is 48.8 Å². The highest BCUT2D eigenvalue weighted by Gasteiger charge is 2.34. The summed E-state index contributed by atoms with van der Waals surface area (Å²) >= 11 is 0. The predicted molar refractivity (Wildman–Crippen MR) is 155 cm³/mol. The number of carboxylic acid groups (broad SMARTS) is 1. The number of fused-ring (bicyclic) bond motifs is 3. The zero-order valence-electron chi connectivity index (χ0n) is 23.7. The van der Waals surface area contributed by atoms with Crippen LogP contribution in [0.15, 0.2) is 78.9 Å². The van der Waals surface area contributed by atoms with Gasteiger partial charge in [0.1, 0.15) is 19.2 Å². The van der Waals surface area contributed by atoms with Crippen molar-refractivity contribution in [3.05, 3.63) is 95.6 Å². The van der Waals surface area contributed by atoms with Gasteiger partial charge in [0, 0.05) is 19.0 Å². The number of nitrogens with zero attached hydrogens (tertiary/aromatic N) is 2. The highest BCUT2D eigenvalue weighted by atomic mass is 16.5. The number of nitrogens with one attached hydrogen (secondary N) is 1. The molecule has 0 radical (unpaired) electrons. The minimum Gasteiger partial charge on any atom is -0.480 e. The lowest BCUT2D eigenvalue weighted by Gasteiger charge is -2.30. The summed E-state index contributed by atoms with van der Waals surface area (Å²) in [4.78, 5) is 41.5. The number of ether oxygens (including phenoxy) is 2. The van der Waals surface area contributed by atoms with E-state index in [4.69, 9.17) is 9.47 Å². The molecule has 2 unspecified atom stereocenters. The summed E-state index contributed by atoms with van der Waals surface area (Å²) in [6.07, 6.45) is -1.54. The maximum absolute atomic E-state index is 13.7. The molecule has 3 aromatic carbocycles. The molecule has 0 fully saturated rings. The first-order valence-electron chi connectivity index (χ1n) is 13.7. The molecule has 0 aliphatic heterocycles. The molecule has 0 saturated heterocycles. The molecule has 216 valence electrons. The lowest BCUT2D eigenvalue weighted by Crippen LogP contribution is -2.56. The first-order valence-corrected chi connectivity index (χ1v) is 13.7. The molecule has 0 heterocycles. The van der Waals surface area contributed by atoms with Crippen molar-refractivity contribution in [3.63, 3.8) is 0 Å². The lowest BCUT2D eigenvalue weighted by atomic mass is 9.98. The third-order valence-corrected chi connectivity index (χ3v) is 7.16. The number of amides is 2. The van der Waals surface area contributed by atoms with Crippen molar-refractivity contribution in [2.24, 2.45) is 0 Å². The highest BCUT2D eigenvalue weighted by molar-refractivity contribution is 5.88. The molecule has 9 nitrogen and oxygen atoms in total. The van der Waals surface area contributed by atoms with E-state index in [1.54, 1.807) is 6.92 Å². The minimum atomic E-state index is -1.16. The first kappa shape index (κ1) is 29.8. The monoisotopic (exact) mass is 559 g/mol. The Bertz CT molecular complexity index is 1300. The van der Waals surface area contributed by atoms with Crippen molar-refractivity contribution in [2.45, 2.75) is 31.6 Å². The molecule has 1 aliphatic rings. The largest absolute Gasteiger partial charge is 0.480 e. The third-order valence-electron chi connectivity index (χ3n) is 7.16. The SMILES string of the molecule is CC(OCc1ccccc1)C(NC(=O)OCC1c2ccccc2-c2ccccc21)C(=O)N(CCN(C)C)CC(=O)O. The summed E-state index contributed by atoms with van der Waals surface area (Å²) in [5.74, 6) is -1.84. The predicted octanol–water partition coefficient (Wildman–Crippen LogP) is 3.97. The standard InChI is InChI=1S/C32H37N3O6/c1-22(40-20-23-11-5-4-6-12-23)30(31(38)35(19-29(36)37)18-17-34(2)3)33-32(39)41-21-28-26-15-9-7-13-24(26)25-14-8-10-16-27(25)28/h4-16,22,28,30H,17-21H2,1-3H3,(H,33,39)(H,36,37). The Labute approximate surface area is 240 Å². The van der Waals surface area contributed by atoms with Crippen molar-refractivity contribution in [1.29, 1.82) is 0 Å². The number of alkyl carbamates (subject to hydrolysis) is 1. The number of carbonyl (C=O) groups is 3. The number of carbonyl (C=O) groups excluding carboxylic acids is 2. The second-order valence-corrected chi connectivity index (χ2v) is 10.4. The van der Waals surface area contributed by atoms with Gasteiger partial charge in [-0.2, -0.15) is 0 Å². The van der Waals surface area contributed by atoms with Crippen molar-refractivity contribution < 1.29 is 29.0 Å². The first-order chi connectivity index (χ1) is 19.7. The van der Waals surface area contributed by atoms with Gasteiger partial charge >= 0.3 is 12.1 Å². The Hall–Kier alpha value is -4.21. The van der Waals surface area contributed by atoms with Crippen LogP contribution >= 0.6 is 0 Å². The quantitative estimate of drug-likeness (QED) is 0.326. The van der Waals surface area contributed by atoms with Crippen LogP contribution in [0.3, 0.4) is 0 Å². The number of likely N-dealkylation sites (N-methyl/N-ethyl adjacent to an activating group) is 1. The van der Waals surface area contributed by atoms with Crippen LogP contribution in [0.5, 0.6) is 0 Å². The Morgan fingerprint density at radius 1 is 0.878 bits per heavy atom. The smallest absolute Gasteiger partial charge is 0.407 e. The summed E-state index contributed by atoms with van der Waals surface area (Å²) in [5, 5.41) is 12.1. The molecule has 9 heteroatoms. The van der Waals surface area contributed by atoms with E-state index in [1.807, 2.05) is 85.7 Å². The Kier molecular flexibility index (Phi) is 10.1. The molecule has 2 atom stereocenters. The van der Waals surface area contributed by atoms with Gasteiger partial charge < -0.3 is 29.7 Å². The minimum absolute atomic E-state index is 0.0828. The number of hydrogen-bond acceptors (Lipinski definition) is 6. The maximum atomic E-state index is 13.7. The molecule has 2 N–H and O–H groups in total. The fraction of sp³-hybridized carbons (Fsp3) is 0.344. The fourth-order valence-corrected chi connectivity index (χ4v) is 4.99. The summed E-state index contributed by atoms with van der Waals surface area (Å²) in [7, 11) is 3.67. The van der Waals surface area contributed by atoms with Crippen LogP contribution in [0, 0.1) is 0 Å². The Morgan fingerprint density at radius 2 is 1.46 bits per heavy atom. The maximum Gasteiger partial charge on any atom is 0.407 e. The molecule has 0 bridgehead atoms. The molecule has 0 saturated carbocycles. The number of benzene rings is 3. The van der Waals surface area contributed by atoms with E-state index in [0.29, 0.717) is 6.54 Å². The van der Waals surface area contributed by atoms with Crippen molar-refractivity contribution in [2.75, 3.05) is 40.3 Å². The van der Waals surface area contributed by atoms with E-state index in [1.165, 1.54) is 4.90 Å². The van der Waals surface area contributed by atoms with Crippen molar-refractivity contribution >= 4 is 18.0 Å². The van der Waals surface area contributed by atoms with Crippen LogP contribution in [0.2, 0.25) is 0 Å². The van der Waals surface area contributed by atoms with Crippen LogP contribution in [-0.2, 0) is 25.7 Å². The van der Waals surface area contributed by atoms with Crippen LogP contribution in [-0.4, -0.2) is 85.4 Å². The average Bonchev–Trinajstić information content (AvgIpc) is 3.29. The van der Waals surface area contributed by atoms with Crippen LogP contribution in [0.1, 0.15) is 29.5 Å². The number of aliphatic carboxylic acids is 1. The molecule has 4 rings (SSSR count). The van der Waals surface area contributed by atoms with Gasteiger partial charge in [-0.15, -0.1) is 0 Å². The Morgan fingerprint density at radius 3 is 2.05 bits per heavy atom. The van der Waals surface area contributed by atoms with Gasteiger partial charge in [-0.25, -0.2) is 4.79 Å². The van der Waals surface area contributed by atoms with Gasteiger partial charge in [0.2, 0.25) is 5.91 Å². The molecular weight excluding hydrogens is 522 g/mol. The van der Waals surface area contributed by atoms with E-state index >= 15 is 0 Å². The van der Waals surface area contributed by atoms with Crippen molar-refractivity contribution in [1.82, 2.24) is 15.1 Å². The summed E-state index contributed by atoms with van der Waals surface area (Å²) in [6.45, 7) is 2.11. The summed E-state index contributed by atoms with van der Waals surface area (Å²) in [5.41, 5.74) is 5.27. The number of rotatable bonds is 13. The molecule has 0 spiro atoms. The zero-order valence-corrected chi connectivity index (χ0v) is 23.7. The highest BCUT2D eigenvalue weighted by Crippen LogP contribution is 2.44. The van der Waals surface area contributed by atoms with E-state index in [2.05, 4.69) is 17.4 Å². The summed E-state index contributed by atoms with van der Waals surface area (Å²) < 4.78 is 11.7. The van der Waals surface area contributed by atoms with Gasteiger partial charge in [0.25, 0.3) is 0 Å². The van der Waals surface area contributed by atoms with Crippen LogP contribution in [0.4, 0.5) is 4.79 Å². The number of carboxylic acids is 1. The fourth-order valence-electron chi connectivity index (χ4n) is 4.99. The van der Waals surface area contributed by atoms with Gasteiger partial charge in [0.05, 0.1) is 12.7 Å². The van der Waals surface area contributed by atoms with Crippen LogP contribution < -0.4 is 5.32 Å². The van der Waals surface area contributed by atoms with E-state index in [0.717, 1.165) is 27.8 Å². The van der Waals surface area contributed by atoms with Crippen molar-refractivity contribution in [3.8, 4) is 11.1 Å². The molecule has 41 heavy (non-hydrogen) atoms. The zero-order chi connectivity index (χ0) is 29.4. The molecule has 1 aliphatic carbocycles. The molecule has 2 amide bonds. The summed E-state index contributed by atoms with van der Waals surface area (Å²) in [6, 6.07) is 24.4. The van der Waals surface area contributed by atoms with E-state index in [-0.39, 0.29) is 25.7 Å². The van der Waals surface area contributed by atoms with E-state index in [9.17, 15) is 19.5 Å². The second kappa shape index (κ2) is 13.9. The topological polar surface area (TPSA) is 108 Å². The molecular formula is C32H37N3O6. The molecule has 0 aromatic heterocycles. The van der Waals surface area contributed by atoms with Crippen LogP contribution in [0.25, 0.3) is 11.1 Å². The van der Waals surface area contributed by atoms with Gasteiger partial charge in [-0.3, -0.25) is 9.59 Å². The van der Waals surface area contributed by atoms with Gasteiger partial charge in [0.15, 0.2) is 0 Å². The number of hydrogen-bond donors (Lipinski definition) is 2. The lowest BCUT2D eigenvalue weighted by molar-refractivity contribution is -0.147. The van der Waals surface area contributed by atoms with E-state index < -0.39 is 36.7 Å².